The first-order valence-corrected chi connectivity index (χ1v) is 7.22. The number of hydrogen-bond acceptors (Lipinski definition) is 3. The van der Waals surface area contributed by atoms with Crippen LogP contribution < -0.4 is 5.73 Å². The van der Waals surface area contributed by atoms with Gasteiger partial charge in [0.25, 0.3) is 0 Å². The summed E-state index contributed by atoms with van der Waals surface area (Å²) in [4.78, 5) is 19.0. The van der Waals surface area contributed by atoms with Crippen LogP contribution >= 0.6 is 0 Å². The molecule has 0 bridgehead atoms. The molecule has 1 amide bonds. The van der Waals surface area contributed by atoms with Gasteiger partial charge in [0, 0.05) is 30.5 Å². The van der Waals surface area contributed by atoms with Gasteiger partial charge in [-0.15, -0.1) is 0 Å². The fraction of sp³-hybridized carbons (Fsp3) is 0.625. The molecule has 4 heteroatoms. The van der Waals surface area contributed by atoms with E-state index < -0.39 is 11.0 Å². The summed E-state index contributed by atoms with van der Waals surface area (Å²) in [7, 11) is 0. The summed E-state index contributed by atoms with van der Waals surface area (Å²) >= 11 is 0. The van der Waals surface area contributed by atoms with Gasteiger partial charge >= 0.3 is 0 Å². The third kappa shape index (κ3) is 3.01. The molecule has 2 N–H and O–H groups in total. The van der Waals surface area contributed by atoms with Crippen molar-refractivity contribution in [1.82, 2.24) is 9.88 Å². The number of nitrogens with two attached hydrogens (primary N) is 1. The van der Waals surface area contributed by atoms with Crippen LogP contribution in [-0.4, -0.2) is 27.4 Å². The van der Waals surface area contributed by atoms with E-state index in [2.05, 4.69) is 4.98 Å². The van der Waals surface area contributed by atoms with Crippen LogP contribution in [0.15, 0.2) is 24.5 Å². The maximum absolute atomic E-state index is 12.9. The van der Waals surface area contributed by atoms with Crippen LogP contribution in [-0.2, 0) is 11.3 Å². The second-order valence-corrected chi connectivity index (χ2v) is 6.87. The number of pyridine rings is 1. The number of hydrogen-bond donors (Lipinski definition) is 1. The Bertz CT molecular complexity index is 472. The fourth-order valence-electron chi connectivity index (χ4n) is 2.08. The first-order chi connectivity index (χ1) is 9.23. The first kappa shape index (κ1) is 15.0. The molecule has 2 rings (SSSR count). The van der Waals surface area contributed by atoms with Crippen LogP contribution in [0.1, 0.15) is 46.1 Å². The Labute approximate surface area is 121 Å². The SMILES string of the molecule is CC(C)(N)C(C)(C)C(=O)N(Cc1cccnc1)C1CC1. The Balaban J connectivity index is 2.19. The van der Waals surface area contributed by atoms with Gasteiger partial charge in [-0.05, 0) is 52.2 Å². The maximum atomic E-state index is 12.9. The van der Waals surface area contributed by atoms with Crippen LogP contribution in [0.2, 0.25) is 0 Å². The van der Waals surface area contributed by atoms with Crippen molar-refractivity contribution in [2.24, 2.45) is 11.1 Å². The minimum atomic E-state index is -0.586. The van der Waals surface area contributed by atoms with Gasteiger partial charge < -0.3 is 10.6 Å². The molecule has 1 fully saturated rings. The van der Waals surface area contributed by atoms with Crippen molar-refractivity contribution in [2.45, 2.75) is 58.7 Å². The summed E-state index contributed by atoms with van der Waals surface area (Å²) in [6.45, 7) is 8.33. The van der Waals surface area contributed by atoms with E-state index in [0.717, 1.165) is 18.4 Å². The lowest BCUT2D eigenvalue weighted by atomic mass is 9.74. The molecule has 110 valence electrons. The second kappa shape index (κ2) is 5.17. The van der Waals surface area contributed by atoms with Crippen molar-refractivity contribution in [3.63, 3.8) is 0 Å². The Morgan fingerprint density at radius 1 is 1.40 bits per heavy atom. The van der Waals surface area contributed by atoms with Crippen LogP contribution in [0.4, 0.5) is 0 Å². The summed E-state index contributed by atoms with van der Waals surface area (Å²) < 4.78 is 0. The Kier molecular flexibility index (Phi) is 3.87. The fourth-order valence-corrected chi connectivity index (χ4v) is 2.08. The maximum Gasteiger partial charge on any atom is 0.230 e. The second-order valence-electron chi connectivity index (χ2n) is 6.87. The molecule has 0 aromatic carbocycles. The van der Waals surface area contributed by atoms with E-state index in [1.54, 1.807) is 6.20 Å². The number of rotatable bonds is 5. The standard InChI is InChI=1S/C16H25N3O/c1-15(2,16(3,4)17)14(20)19(13-7-8-13)11-12-6-5-9-18-10-12/h5-6,9-10,13H,7-8,11,17H2,1-4H3. The molecule has 0 radical (unpaired) electrons. The summed E-state index contributed by atoms with van der Waals surface area (Å²) in [5.41, 5.74) is 6.14. The van der Waals surface area contributed by atoms with Gasteiger partial charge in [0.15, 0.2) is 0 Å². The molecule has 1 aliphatic carbocycles. The quantitative estimate of drug-likeness (QED) is 0.897. The zero-order valence-corrected chi connectivity index (χ0v) is 12.9. The number of aromatic nitrogens is 1. The van der Waals surface area contributed by atoms with Gasteiger partial charge in [-0.3, -0.25) is 9.78 Å². The predicted octanol–water partition coefficient (Wildman–Crippen LogP) is 2.34. The van der Waals surface area contributed by atoms with Crippen LogP contribution in [0, 0.1) is 5.41 Å². The molecule has 0 spiro atoms. The largest absolute Gasteiger partial charge is 0.335 e. The lowest BCUT2D eigenvalue weighted by Gasteiger charge is -2.41. The average molecular weight is 275 g/mol. The molecule has 1 saturated carbocycles. The highest BCUT2D eigenvalue weighted by molar-refractivity contribution is 5.84. The highest BCUT2D eigenvalue weighted by Crippen LogP contribution is 2.36. The number of amides is 1. The smallest absolute Gasteiger partial charge is 0.230 e. The predicted molar refractivity (Wildman–Crippen MR) is 79.9 cm³/mol. The molecule has 1 heterocycles. The minimum Gasteiger partial charge on any atom is -0.335 e. The summed E-state index contributed by atoms with van der Waals surface area (Å²) in [5.74, 6) is 0.136. The van der Waals surface area contributed by atoms with Crippen LogP contribution in [0.25, 0.3) is 0 Å². The highest BCUT2D eigenvalue weighted by Gasteiger charge is 2.46. The van der Waals surface area contributed by atoms with Crippen LogP contribution in [0.3, 0.4) is 0 Å². The van der Waals surface area contributed by atoms with E-state index >= 15 is 0 Å². The topological polar surface area (TPSA) is 59.2 Å². The van der Waals surface area contributed by atoms with Crippen molar-refractivity contribution >= 4 is 5.91 Å². The third-order valence-corrected chi connectivity index (χ3v) is 4.47. The normalized spacial score (nSPS) is 16.1. The molecule has 0 unspecified atom stereocenters. The van der Waals surface area contributed by atoms with E-state index in [1.165, 1.54) is 0 Å². The van der Waals surface area contributed by atoms with Gasteiger partial charge in [0.05, 0.1) is 5.41 Å². The van der Waals surface area contributed by atoms with Gasteiger partial charge in [0.1, 0.15) is 0 Å². The molecular weight excluding hydrogens is 250 g/mol. The third-order valence-electron chi connectivity index (χ3n) is 4.47. The minimum absolute atomic E-state index is 0.136. The van der Waals surface area contributed by atoms with Gasteiger partial charge in [-0.25, -0.2) is 0 Å². The van der Waals surface area contributed by atoms with Gasteiger partial charge in [-0.2, -0.15) is 0 Å². The van der Waals surface area contributed by atoms with Crippen molar-refractivity contribution in [1.29, 1.82) is 0 Å². The molecule has 0 saturated heterocycles. The molecule has 4 nitrogen and oxygen atoms in total. The van der Waals surface area contributed by atoms with E-state index in [4.69, 9.17) is 5.73 Å². The van der Waals surface area contributed by atoms with Crippen molar-refractivity contribution in [2.75, 3.05) is 0 Å². The molecular formula is C16H25N3O. The van der Waals surface area contributed by atoms with E-state index in [9.17, 15) is 4.79 Å². The zero-order valence-electron chi connectivity index (χ0n) is 12.9. The van der Waals surface area contributed by atoms with Gasteiger partial charge in [-0.1, -0.05) is 6.07 Å². The summed E-state index contributed by atoms with van der Waals surface area (Å²) in [6.07, 6.45) is 5.75. The van der Waals surface area contributed by atoms with Gasteiger partial charge in [0.2, 0.25) is 5.91 Å². The van der Waals surface area contributed by atoms with Crippen molar-refractivity contribution < 1.29 is 4.79 Å². The molecule has 1 aromatic rings. The average Bonchev–Trinajstić information content (AvgIpc) is 3.19. The summed E-state index contributed by atoms with van der Waals surface area (Å²) in [6, 6.07) is 4.28. The van der Waals surface area contributed by atoms with Crippen molar-refractivity contribution in [3.8, 4) is 0 Å². The lowest BCUT2D eigenvalue weighted by molar-refractivity contribution is -0.144. The lowest BCUT2D eigenvalue weighted by Crippen LogP contribution is -2.56. The number of carbonyl (C=O) groups is 1. The number of nitrogens with zero attached hydrogens (tertiary/aromatic N) is 2. The van der Waals surface area contributed by atoms with E-state index in [-0.39, 0.29) is 5.91 Å². The summed E-state index contributed by atoms with van der Waals surface area (Å²) in [5, 5.41) is 0. The highest BCUT2D eigenvalue weighted by atomic mass is 16.2. The molecule has 1 aromatic heterocycles. The number of carbonyl (C=O) groups excluding carboxylic acids is 1. The Morgan fingerprint density at radius 2 is 2.05 bits per heavy atom. The molecule has 1 aliphatic rings. The first-order valence-electron chi connectivity index (χ1n) is 7.22. The van der Waals surface area contributed by atoms with E-state index in [0.29, 0.717) is 12.6 Å². The zero-order chi connectivity index (χ0) is 15.0. The Hall–Kier alpha value is -1.42. The van der Waals surface area contributed by atoms with Crippen molar-refractivity contribution in [3.05, 3.63) is 30.1 Å². The molecule has 0 atom stereocenters. The van der Waals surface area contributed by atoms with Crippen LogP contribution in [0.5, 0.6) is 0 Å². The Morgan fingerprint density at radius 3 is 2.50 bits per heavy atom. The molecule has 20 heavy (non-hydrogen) atoms. The molecule has 0 aliphatic heterocycles. The monoisotopic (exact) mass is 275 g/mol. The van der Waals surface area contributed by atoms with E-state index in [1.807, 2.05) is 50.9 Å².